The average molecular weight is 417 g/mol. The number of methoxy groups -OCH3 is 2. The lowest BCUT2D eigenvalue weighted by atomic mass is 10.2. The highest BCUT2D eigenvalue weighted by Gasteiger charge is 2.15. The maximum Gasteiger partial charge on any atom is 0.214 e. The van der Waals surface area contributed by atoms with Crippen LogP contribution in [0, 0.1) is 6.92 Å². The third kappa shape index (κ3) is 5.69. The topological polar surface area (TPSA) is 91.5 Å². The molecule has 0 aliphatic rings. The number of aliphatic hydroxyl groups excluding tert-OH is 1. The molecule has 2 aromatic carbocycles. The quantitative estimate of drug-likeness (QED) is 0.505. The molecule has 0 radical (unpaired) electrons. The normalized spacial score (nSPS) is 12.0. The summed E-state index contributed by atoms with van der Waals surface area (Å²) in [5.74, 6) is 1.85. The summed E-state index contributed by atoms with van der Waals surface area (Å²) in [5.41, 5.74) is 2.81. The molecule has 0 saturated carbocycles. The molecule has 1 N–H and O–H groups in total. The fourth-order valence-electron chi connectivity index (χ4n) is 2.68. The summed E-state index contributed by atoms with van der Waals surface area (Å²) in [4.78, 5) is 0. The Labute approximate surface area is 173 Å². The van der Waals surface area contributed by atoms with Crippen LogP contribution in [0.4, 0.5) is 0 Å². The van der Waals surface area contributed by atoms with Gasteiger partial charge in [0.2, 0.25) is 5.16 Å². The van der Waals surface area contributed by atoms with Crippen molar-refractivity contribution in [2.24, 2.45) is 0 Å². The predicted octanol–water partition coefficient (Wildman–Crippen LogP) is 2.66. The smallest absolute Gasteiger partial charge is 0.214 e. The number of thioether (sulfide) groups is 1. The van der Waals surface area contributed by atoms with Gasteiger partial charge in [-0.2, -0.15) is 4.68 Å². The first-order valence-corrected chi connectivity index (χ1v) is 10.0. The summed E-state index contributed by atoms with van der Waals surface area (Å²) >= 11 is 1.36. The van der Waals surface area contributed by atoms with E-state index in [1.165, 1.54) is 11.8 Å². The van der Waals surface area contributed by atoms with Crippen molar-refractivity contribution in [3.8, 4) is 17.2 Å². The van der Waals surface area contributed by atoms with Gasteiger partial charge in [0.05, 0.1) is 33.5 Å². The van der Waals surface area contributed by atoms with Gasteiger partial charge in [0.15, 0.2) is 0 Å². The van der Waals surface area contributed by atoms with E-state index < -0.39 is 6.10 Å². The Hall–Kier alpha value is -2.62. The van der Waals surface area contributed by atoms with Crippen molar-refractivity contribution >= 4 is 11.8 Å². The van der Waals surface area contributed by atoms with Gasteiger partial charge < -0.3 is 19.3 Å². The zero-order valence-corrected chi connectivity index (χ0v) is 17.4. The monoisotopic (exact) mass is 416 g/mol. The predicted molar refractivity (Wildman–Crippen MR) is 110 cm³/mol. The van der Waals surface area contributed by atoms with E-state index in [1.54, 1.807) is 18.9 Å². The molecular formula is C20H24N4O4S. The summed E-state index contributed by atoms with van der Waals surface area (Å²) in [6.07, 6.45) is -0.657. The molecule has 154 valence electrons. The summed E-state index contributed by atoms with van der Waals surface area (Å²) in [7, 11) is 3.23. The number of nitrogens with zero attached hydrogens (tertiary/aromatic N) is 4. The van der Waals surface area contributed by atoms with Crippen LogP contribution in [0.2, 0.25) is 0 Å². The number of aliphatic hydroxyl groups is 1. The van der Waals surface area contributed by atoms with Gasteiger partial charge in [0, 0.05) is 5.75 Å². The number of aryl methyl sites for hydroxylation is 1. The summed E-state index contributed by atoms with van der Waals surface area (Å²) in [6, 6.07) is 13.4. The van der Waals surface area contributed by atoms with Crippen LogP contribution in [0.15, 0.2) is 47.6 Å². The third-order valence-corrected chi connectivity index (χ3v) is 5.19. The highest BCUT2D eigenvalue weighted by Crippen LogP contribution is 2.27. The van der Waals surface area contributed by atoms with Crippen molar-refractivity contribution in [3.63, 3.8) is 0 Å². The molecule has 1 aromatic heterocycles. The zero-order valence-electron chi connectivity index (χ0n) is 16.6. The zero-order chi connectivity index (χ0) is 20.6. The second kappa shape index (κ2) is 10.2. The number of rotatable bonds is 10. The molecule has 1 atom stereocenters. The minimum atomic E-state index is -0.657. The maximum absolute atomic E-state index is 10.3. The molecule has 1 heterocycles. The minimum absolute atomic E-state index is 0.208. The highest BCUT2D eigenvalue weighted by atomic mass is 32.2. The molecular weight excluding hydrogens is 392 g/mol. The Morgan fingerprint density at radius 3 is 2.79 bits per heavy atom. The van der Waals surface area contributed by atoms with Crippen LogP contribution in [-0.4, -0.2) is 58.0 Å². The molecule has 0 aliphatic heterocycles. The van der Waals surface area contributed by atoms with Crippen LogP contribution < -0.4 is 9.47 Å². The van der Waals surface area contributed by atoms with Crippen LogP contribution in [0.25, 0.3) is 5.69 Å². The Morgan fingerprint density at radius 2 is 2.00 bits per heavy atom. The van der Waals surface area contributed by atoms with E-state index in [0.29, 0.717) is 23.3 Å². The van der Waals surface area contributed by atoms with E-state index in [1.807, 2.05) is 49.4 Å². The summed E-state index contributed by atoms with van der Waals surface area (Å²) in [6.45, 7) is 2.60. The Kier molecular flexibility index (Phi) is 7.45. The second-order valence-electron chi connectivity index (χ2n) is 6.38. The molecule has 3 aromatic rings. The van der Waals surface area contributed by atoms with E-state index in [-0.39, 0.29) is 6.61 Å². The van der Waals surface area contributed by atoms with Crippen molar-refractivity contribution in [2.75, 3.05) is 26.6 Å². The largest absolute Gasteiger partial charge is 0.497 e. The first kappa shape index (κ1) is 21.1. The number of hydrogen-bond acceptors (Lipinski definition) is 8. The first-order valence-electron chi connectivity index (χ1n) is 9.05. The lowest BCUT2D eigenvalue weighted by Gasteiger charge is -2.12. The van der Waals surface area contributed by atoms with Gasteiger partial charge in [-0.25, -0.2) is 0 Å². The Bertz CT molecular complexity index is 934. The van der Waals surface area contributed by atoms with Gasteiger partial charge in [0.1, 0.15) is 17.2 Å². The van der Waals surface area contributed by atoms with Crippen molar-refractivity contribution in [1.82, 2.24) is 20.2 Å². The van der Waals surface area contributed by atoms with E-state index in [2.05, 4.69) is 15.5 Å². The fourth-order valence-corrected chi connectivity index (χ4v) is 3.47. The summed E-state index contributed by atoms with van der Waals surface area (Å²) < 4.78 is 17.8. The van der Waals surface area contributed by atoms with Crippen molar-refractivity contribution < 1.29 is 19.3 Å². The first-order chi connectivity index (χ1) is 14.1. The standard InChI is InChI=1S/C20H24N4O4S/c1-14-7-8-19(27-3)18(9-14)24-20(21-22-23-24)29-13-16(25)12-28-11-15-5-4-6-17(10-15)26-2/h4-10,16,25H,11-13H2,1-3H3. The van der Waals surface area contributed by atoms with Crippen LogP contribution >= 0.6 is 11.8 Å². The molecule has 0 spiro atoms. The highest BCUT2D eigenvalue weighted by molar-refractivity contribution is 7.99. The Balaban J connectivity index is 1.54. The number of benzene rings is 2. The van der Waals surface area contributed by atoms with Crippen LogP contribution in [0.5, 0.6) is 11.5 Å². The van der Waals surface area contributed by atoms with Crippen LogP contribution in [0.1, 0.15) is 11.1 Å². The molecule has 0 saturated heterocycles. The lowest BCUT2D eigenvalue weighted by Crippen LogP contribution is -2.18. The summed E-state index contributed by atoms with van der Waals surface area (Å²) in [5, 5.41) is 22.7. The van der Waals surface area contributed by atoms with Crippen molar-refractivity contribution in [2.45, 2.75) is 24.8 Å². The third-order valence-electron chi connectivity index (χ3n) is 4.12. The van der Waals surface area contributed by atoms with Gasteiger partial charge >= 0.3 is 0 Å². The van der Waals surface area contributed by atoms with Gasteiger partial charge in [-0.15, -0.1) is 5.10 Å². The van der Waals surface area contributed by atoms with Crippen LogP contribution in [0.3, 0.4) is 0 Å². The van der Waals surface area contributed by atoms with E-state index in [0.717, 1.165) is 22.6 Å². The SMILES string of the molecule is COc1cccc(COCC(O)CSc2nnnn2-c2cc(C)ccc2OC)c1. The molecule has 29 heavy (non-hydrogen) atoms. The molecule has 0 aliphatic carbocycles. The lowest BCUT2D eigenvalue weighted by molar-refractivity contribution is 0.0397. The molecule has 1 unspecified atom stereocenters. The maximum atomic E-state index is 10.3. The van der Waals surface area contributed by atoms with E-state index in [9.17, 15) is 5.11 Å². The van der Waals surface area contributed by atoms with E-state index >= 15 is 0 Å². The number of tetrazole rings is 1. The molecule has 0 amide bonds. The molecule has 8 nitrogen and oxygen atoms in total. The Morgan fingerprint density at radius 1 is 1.14 bits per heavy atom. The van der Waals surface area contributed by atoms with E-state index in [4.69, 9.17) is 14.2 Å². The van der Waals surface area contributed by atoms with Crippen LogP contribution in [-0.2, 0) is 11.3 Å². The van der Waals surface area contributed by atoms with Gasteiger partial charge in [-0.1, -0.05) is 30.0 Å². The molecule has 0 bridgehead atoms. The van der Waals surface area contributed by atoms with Crippen molar-refractivity contribution in [3.05, 3.63) is 53.6 Å². The minimum Gasteiger partial charge on any atom is -0.497 e. The van der Waals surface area contributed by atoms with Gasteiger partial charge in [0.25, 0.3) is 0 Å². The number of aromatic nitrogens is 4. The molecule has 3 rings (SSSR count). The van der Waals surface area contributed by atoms with Crippen molar-refractivity contribution in [1.29, 1.82) is 0 Å². The second-order valence-corrected chi connectivity index (χ2v) is 7.37. The van der Waals surface area contributed by atoms with Gasteiger partial charge in [-0.3, -0.25) is 0 Å². The molecule has 0 fully saturated rings. The van der Waals surface area contributed by atoms with Gasteiger partial charge in [-0.05, 0) is 52.7 Å². The molecule has 9 heteroatoms. The average Bonchev–Trinajstić information content (AvgIpc) is 3.21. The number of hydrogen-bond donors (Lipinski definition) is 1. The fraction of sp³-hybridized carbons (Fsp3) is 0.350. The number of ether oxygens (including phenoxy) is 3.